The van der Waals surface area contributed by atoms with Crippen molar-refractivity contribution in [2.24, 2.45) is 0 Å². The number of para-hydroxylation sites is 1. The molecule has 0 amide bonds. The number of nitrogens with zero attached hydrogens (tertiary/aromatic N) is 5. The molecule has 37 heavy (non-hydrogen) atoms. The molecule has 0 unspecified atom stereocenters. The molecule has 0 aliphatic rings. The third kappa shape index (κ3) is 2.91. The minimum Gasteiger partial charge on any atom is -0.290 e. The Kier molecular flexibility index (Phi) is 4.16. The van der Waals surface area contributed by atoms with Crippen LogP contribution in [0.3, 0.4) is 0 Å². The monoisotopic (exact) mass is 473 g/mol. The highest BCUT2D eigenvalue weighted by Crippen LogP contribution is 2.37. The summed E-state index contributed by atoms with van der Waals surface area (Å²) < 4.78 is 2.17. The highest BCUT2D eigenvalue weighted by Gasteiger charge is 2.20. The molecule has 0 aliphatic heterocycles. The van der Waals surface area contributed by atoms with Crippen LogP contribution < -0.4 is 0 Å². The van der Waals surface area contributed by atoms with E-state index in [0.29, 0.717) is 5.82 Å². The van der Waals surface area contributed by atoms with Gasteiger partial charge in [-0.3, -0.25) is 9.55 Å². The van der Waals surface area contributed by atoms with Crippen LogP contribution in [-0.2, 0) is 0 Å². The average Bonchev–Trinajstić information content (AvgIpc) is 3.28. The zero-order chi connectivity index (χ0) is 24.3. The van der Waals surface area contributed by atoms with Crippen LogP contribution in [0.25, 0.3) is 71.5 Å². The minimum absolute atomic E-state index is 0.675. The summed E-state index contributed by atoms with van der Waals surface area (Å²) in [5, 5.41) is 16.6. The van der Waals surface area contributed by atoms with Gasteiger partial charge in [-0.2, -0.15) is 0 Å². The lowest BCUT2D eigenvalue weighted by Gasteiger charge is -2.12. The molecule has 0 bridgehead atoms. The lowest BCUT2D eigenvalue weighted by molar-refractivity contribution is 0.965. The zero-order valence-corrected chi connectivity index (χ0v) is 19.7. The van der Waals surface area contributed by atoms with Crippen LogP contribution in [0.15, 0.2) is 116 Å². The van der Waals surface area contributed by atoms with Crippen molar-refractivity contribution < 1.29 is 0 Å². The van der Waals surface area contributed by atoms with E-state index in [1.165, 1.54) is 21.5 Å². The fraction of sp³-hybridized carbons (Fsp3) is 0. The van der Waals surface area contributed by atoms with Crippen molar-refractivity contribution in [2.75, 3.05) is 0 Å². The largest absolute Gasteiger partial charge is 0.290 e. The molecule has 8 aromatic rings. The van der Waals surface area contributed by atoms with Crippen LogP contribution in [0.5, 0.6) is 0 Å². The molecule has 0 radical (unpaired) electrons. The molecule has 8 rings (SSSR count). The van der Waals surface area contributed by atoms with Crippen LogP contribution in [0, 0.1) is 0 Å². The first kappa shape index (κ1) is 20.1. The summed E-state index contributed by atoms with van der Waals surface area (Å²) in [7, 11) is 0. The van der Waals surface area contributed by atoms with Crippen molar-refractivity contribution in [3.05, 3.63) is 116 Å². The second-order valence-electron chi connectivity index (χ2n) is 9.22. The van der Waals surface area contributed by atoms with Gasteiger partial charge in [0.05, 0.1) is 11.0 Å². The van der Waals surface area contributed by atoms with Crippen molar-refractivity contribution in [1.29, 1.82) is 0 Å². The molecule has 3 aromatic heterocycles. The number of hydrogen-bond donors (Lipinski definition) is 0. The molecule has 5 aromatic carbocycles. The number of hydrogen-bond acceptors (Lipinski definition) is 4. The smallest absolute Gasteiger partial charge is 0.188 e. The second kappa shape index (κ2) is 7.67. The third-order valence-corrected chi connectivity index (χ3v) is 7.18. The molecule has 172 valence electrons. The molecule has 0 saturated heterocycles. The Morgan fingerprint density at radius 1 is 0.486 bits per heavy atom. The summed E-state index contributed by atoms with van der Waals surface area (Å²) in [5.74, 6) is 0.675. The van der Waals surface area contributed by atoms with Gasteiger partial charge >= 0.3 is 0 Å². The predicted octanol–water partition coefficient (Wildman–Crippen LogP) is 7.49. The van der Waals surface area contributed by atoms with Gasteiger partial charge in [0.2, 0.25) is 0 Å². The van der Waals surface area contributed by atoms with Gasteiger partial charge in [0, 0.05) is 28.7 Å². The molecule has 0 aliphatic carbocycles. The Morgan fingerprint density at radius 2 is 1.16 bits per heavy atom. The van der Waals surface area contributed by atoms with Crippen LogP contribution in [0.2, 0.25) is 0 Å². The lowest BCUT2D eigenvalue weighted by atomic mass is 10.0. The molecule has 5 nitrogen and oxygen atoms in total. The van der Waals surface area contributed by atoms with E-state index in [1.54, 1.807) is 12.4 Å². The van der Waals surface area contributed by atoms with Crippen LogP contribution in [0.1, 0.15) is 0 Å². The number of aromatic nitrogens is 5. The predicted molar refractivity (Wildman–Crippen MR) is 150 cm³/mol. The van der Waals surface area contributed by atoms with E-state index in [9.17, 15) is 0 Å². The van der Waals surface area contributed by atoms with Gasteiger partial charge in [-0.1, -0.05) is 84.9 Å². The molecule has 0 fully saturated rings. The molecule has 5 heteroatoms. The van der Waals surface area contributed by atoms with Crippen LogP contribution in [0.4, 0.5) is 0 Å². The van der Waals surface area contributed by atoms with E-state index in [0.717, 1.165) is 44.1 Å². The van der Waals surface area contributed by atoms with Gasteiger partial charge < -0.3 is 0 Å². The first-order valence-corrected chi connectivity index (χ1v) is 12.2. The van der Waals surface area contributed by atoms with E-state index < -0.39 is 0 Å². The van der Waals surface area contributed by atoms with E-state index in [4.69, 9.17) is 20.2 Å². The normalized spacial score (nSPS) is 11.8. The molecule has 0 saturated carbocycles. The van der Waals surface area contributed by atoms with Gasteiger partial charge in [-0.15, -0.1) is 10.2 Å². The van der Waals surface area contributed by atoms with Gasteiger partial charge in [0.1, 0.15) is 16.7 Å². The van der Waals surface area contributed by atoms with E-state index in [1.807, 2.05) is 18.2 Å². The van der Waals surface area contributed by atoms with Gasteiger partial charge in [0.25, 0.3) is 0 Å². The maximum atomic E-state index is 4.82. The summed E-state index contributed by atoms with van der Waals surface area (Å²) in [6, 6.07) is 35.9. The van der Waals surface area contributed by atoms with Crippen molar-refractivity contribution in [2.45, 2.75) is 0 Å². The summed E-state index contributed by atoms with van der Waals surface area (Å²) >= 11 is 0. The van der Waals surface area contributed by atoms with E-state index >= 15 is 0 Å². The summed E-state index contributed by atoms with van der Waals surface area (Å²) in [6.07, 6.45) is 3.45. The Bertz CT molecular complexity index is 2150. The van der Waals surface area contributed by atoms with Crippen molar-refractivity contribution in [1.82, 2.24) is 24.7 Å². The highest BCUT2D eigenvalue weighted by atomic mass is 15.2. The SMILES string of the molecule is c1ccc2cc3c(cc2c1)c1ccccc1n3-c1nnc(-c2cccc3ccccc23)c2nccnc12. The Balaban J connectivity index is 1.49. The minimum atomic E-state index is 0.675. The van der Waals surface area contributed by atoms with Crippen molar-refractivity contribution >= 4 is 54.4 Å². The molecule has 0 atom stereocenters. The van der Waals surface area contributed by atoms with Gasteiger partial charge in [0.15, 0.2) is 5.82 Å². The topological polar surface area (TPSA) is 56.5 Å². The number of rotatable bonds is 2. The first-order chi connectivity index (χ1) is 18.4. The van der Waals surface area contributed by atoms with E-state index in [-0.39, 0.29) is 0 Å². The van der Waals surface area contributed by atoms with Crippen molar-refractivity contribution in [3.63, 3.8) is 0 Å². The third-order valence-electron chi connectivity index (χ3n) is 7.18. The second-order valence-corrected chi connectivity index (χ2v) is 9.22. The standard InChI is InChI=1S/C32H19N5/c1-2-10-22-19-28-26(18-21(22)9-1)24-13-5-6-15-27(24)37(28)32-31-30(33-16-17-34-31)29(35-36-32)25-14-7-11-20-8-3-4-12-23(20)25/h1-19H. The molecule has 0 spiro atoms. The maximum absolute atomic E-state index is 4.82. The summed E-state index contributed by atoms with van der Waals surface area (Å²) in [6.45, 7) is 0. The fourth-order valence-corrected chi connectivity index (χ4v) is 5.51. The maximum Gasteiger partial charge on any atom is 0.188 e. The lowest BCUT2D eigenvalue weighted by Crippen LogP contribution is -2.04. The highest BCUT2D eigenvalue weighted by molar-refractivity contribution is 6.14. The molecular formula is C32H19N5. The Morgan fingerprint density at radius 3 is 2.03 bits per heavy atom. The molecule has 3 heterocycles. The molecular weight excluding hydrogens is 454 g/mol. The van der Waals surface area contributed by atoms with Gasteiger partial charge in [-0.05, 0) is 39.7 Å². The quantitative estimate of drug-likeness (QED) is 0.261. The average molecular weight is 474 g/mol. The molecule has 0 N–H and O–H groups in total. The summed E-state index contributed by atoms with van der Waals surface area (Å²) in [5.41, 5.74) is 5.31. The van der Waals surface area contributed by atoms with Crippen molar-refractivity contribution in [3.8, 4) is 17.1 Å². The number of fused-ring (bicyclic) bond motifs is 6. The van der Waals surface area contributed by atoms with Crippen LogP contribution in [-0.4, -0.2) is 24.7 Å². The van der Waals surface area contributed by atoms with Gasteiger partial charge in [-0.25, -0.2) is 4.98 Å². The summed E-state index contributed by atoms with van der Waals surface area (Å²) in [4.78, 5) is 9.56. The Labute approximate surface area is 211 Å². The Hall–Kier alpha value is -5.16. The number of benzene rings is 5. The fourth-order valence-electron chi connectivity index (χ4n) is 5.51. The van der Waals surface area contributed by atoms with E-state index in [2.05, 4.69) is 89.5 Å². The van der Waals surface area contributed by atoms with Crippen LogP contribution >= 0.6 is 0 Å². The first-order valence-electron chi connectivity index (χ1n) is 12.2. The zero-order valence-electron chi connectivity index (χ0n) is 19.7.